The van der Waals surface area contributed by atoms with Crippen LogP contribution in [0.25, 0.3) is 0 Å². The Labute approximate surface area is 284 Å². The minimum absolute atomic E-state index is 0.0583. The maximum Gasteiger partial charge on any atom is 0.337 e. The van der Waals surface area contributed by atoms with Crippen LogP contribution in [0.2, 0.25) is 0 Å². The highest BCUT2D eigenvalue weighted by Gasteiger charge is 2.50. The second-order valence-corrected chi connectivity index (χ2v) is 13.3. The Kier molecular flexibility index (Phi) is 14.7. The monoisotopic (exact) mass is 675 g/mol. The fourth-order valence-corrected chi connectivity index (χ4v) is 6.70. The van der Waals surface area contributed by atoms with Gasteiger partial charge in [0.2, 0.25) is 0 Å². The second-order valence-electron chi connectivity index (χ2n) is 13.3. The van der Waals surface area contributed by atoms with Crippen LogP contribution in [0.1, 0.15) is 64.2 Å². The van der Waals surface area contributed by atoms with Crippen molar-refractivity contribution in [1.82, 2.24) is 29.9 Å². The summed E-state index contributed by atoms with van der Waals surface area (Å²) in [6.07, 6.45) is 3.36. The summed E-state index contributed by atoms with van der Waals surface area (Å²) >= 11 is 0. The lowest BCUT2D eigenvalue weighted by Crippen LogP contribution is -2.62. The minimum atomic E-state index is -0.515. The topological polar surface area (TPSA) is 134 Å². The van der Waals surface area contributed by atoms with Gasteiger partial charge in [-0.2, -0.15) is 4.98 Å². The lowest BCUT2D eigenvalue weighted by molar-refractivity contribution is -0.122. The van der Waals surface area contributed by atoms with E-state index in [1.54, 1.807) is 12.0 Å². The minimum Gasteiger partial charge on any atom is -0.483 e. The Hall–Kier alpha value is -3.62. The lowest BCUT2D eigenvalue weighted by atomic mass is 9.76. The zero-order valence-corrected chi connectivity index (χ0v) is 29.8. The number of likely N-dealkylation sites (N-methyl/N-ethyl adjacent to an activating group) is 1. The van der Waals surface area contributed by atoms with E-state index in [9.17, 15) is 9.18 Å². The standard InChI is InChI=1S/C33H52FN7O4.CH2O2/c1-9-41(24(4)5)31(42)26-19-25(34)12-13-28(26)45-30-29(35-32(44-8)37-36-30)39-16-14-33(20-39)21-40(22-33)27(23(2)3)11-10-15-38(6)17-18-43-7;2-1-3/h12-13,19,23-24,27H,9-11,14-18,20-22H2,1-8H3;1H,(H,2,3)/t27-;/m1./s1. The fraction of sp³-hybridized carbons (Fsp3) is 0.676. The molecule has 48 heavy (non-hydrogen) atoms. The van der Waals surface area contributed by atoms with Gasteiger partial charge in [-0.3, -0.25) is 14.5 Å². The first-order chi connectivity index (χ1) is 22.9. The van der Waals surface area contributed by atoms with Crippen LogP contribution in [0.15, 0.2) is 18.2 Å². The number of benzene rings is 1. The first kappa shape index (κ1) is 38.8. The Morgan fingerprint density at radius 3 is 2.46 bits per heavy atom. The predicted octanol–water partition coefficient (Wildman–Crippen LogP) is 4.28. The molecule has 2 saturated heterocycles. The van der Waals surface area contributed by atoms with Crippen molar-refractivity contribution in [2.75, 3.05) is 78.6 Å². The molecule has 4 rings (SSSR count). The van der Waals surface area contributed by atoms with Crippen molar-refractivity contribution in [3.63, 3.8) is 0 Å². The van der Waals surface area contributed by atoms with Gasteiger partial charge in [0.1, 0.15) is 11.6 Å². The number of hydrogen-bond donors (Lipinski definition) is 1. The van der Waals surface area contributed by atoms with Crippen LogP contribution in [-0.4, -0.2) is 133 Å². The molecule has 0 radical (unpaired) electrons. The Balaban J connectivity index is 0.00000201. The van der Waals surface area contributed by atoms with Crippen LogP contribution in [0.4, 0.5) is 10.2 Å². The predicted molar refractivity (Wildman–Crippen MR) is 181 cm³/mol. The van der Waals surface area contributed by atoms with Gasteiger partial charge < -0.3 is 34.0 Å². The average Bonchev–Trinajstić information content (AvgIpc) is 3.48. The summed E-state index contributed by atoms with van der Waals surface area (Å²) in [6.45, 7) is 17.1. The number of hydrogen-bond acceptors (Lipinski definition) is 11. The number of aromatic nitrogens is 3. The molecule has 1 aromatic carbocycles. The van der Waals surface area contributed by atoms with E-state index in [1.807, 2.05) is 20.8 Å². The fourth-order valence-electron chi connectivity index (χ4n) is 6.70. The summed E-state index contributed by atoms with van der Waals surface area (Å²) in [6, 6.07) is 4.57. The lowest BCUT2D eigenvalue weighted by Gasteiger charge is -2.53. The van der Waals surface area contributed by atoms with Crippen LogP contribution in [0.5, 0.6) is 17.6 Å². The van der Waals surface area contributed by atoms with Crippen molar-refractivity contribution in [2.45, 2.75) is 66.0 Å². The highest BCUT2D eigenvalue weighted by Crippen LogP contribution is 2.45. The van der Waals surface area contributed by atoms with Gasteiger partial charge in [-0.05, 0) is 77.7 Å². The molecule has 2 aliphatic heterocycles. The van der Waals surface area contributed by atoms with Crippen molar-refractivity contribution in [1.29, 1.82) is 0 Å². The molecule has 2 aromatic rings. The van der Waals surface area contributed by atoms with E-state index in [0.29, 0.717) is 24.3 Å². The number of halogens is 1. The quantitative estimate of drug-likeness (QED) is 0.255. The van der Waals surface area contributed by atoms with Gasteiger partial charge >= 0.3 is 6.01 Å². The number of amides is 1. The molecule has 1 atom stereocenters. The number of ether oxygens (including phenoxy) is 3. The van der Waals surface area contributed by atoms with Crippen molar-refractivity contribution in [3.05, 3.63) is 29.6 Å². The van der Waals surface area contributed by atoms with E-state index < -0.39 is 5.82 Å². The molecule has 0 saturated carbocycles. The molecule has 1 aromatic heterocycles. The molecule has 1 amide bonds. The highest BCUT2D eigenvalue weighted by molar-refractivity contribution is 5.97. The van der Waals surface area contributed by atoms with Crippen molar-refractivity contribution < 1.29 is 33.3 Å². The molecular weight excluding hydrogens is 621 g/mol. The first-order valence-electron chi connectivity index (χ1n) is 16.7. The third kappa shape index (κ3) is 9.95. The number of carboxylic acid groups (broad SMARTS) is 1. The van der Waals surface area contributed by atoms with Gasteiger partial charge in [-0.1, -0.05) is 18.9 Å². The summed E-state index contributed by atoms with van der Waals surface area (Å²) in [7, 11) is 5.40. The van der Waals surface area contributed by atoms with Crippen LogP contribution >= 0.6 is 0 Å². The molecular formula is C34H54FN7O6. The first-order valence-corrected chi connectivity index (χ1v) is 16.7. The molecule has 14 heteroatoms. The van der Waals surface area contributed by atoms with Crippen molar-refractivity contribution in [3.8, 4) is 17.6 Å². The summed E-state index contributed by atoms with van der Waals surface area (Å²) in [5.74, 6) is 0.629. The van der Waals surface area contributed by atoms with Gasteiger partial charge in [0, 0.05) is 63.9 Å². The zero-order chi connectivity index (χ0) is 35.4. The smallest absolute Gasteiger partial charge is 0.337 e. The van der Waals surface area contributed by atoms with Crippen LogP contribution < -0.4 is 14.4 Å². The molecule has 0 bridgehead atoms. The Morgan fingerprint density at radius 2 is 1.85 bits per heavy atom. The molecule has 1 N–H and O–H groups in total. The van der Waals surface area contributed by atoms with Gasteiger partial charge in [0.05, 0.1) is 19.3 Å². The summed E-state index contributed by atoms with van der Waals surface area (Å²) < 4.78 is 31.1. The summed E-state index contributed by atoms with van der Waals surface area (Å²) in [5.41, 5.74) is 0.291. The molecule has 2 aliphatic rings. The molecule has 13 nitrogen and oxygen atoms in total. The summed E-state index contributed by atoms with van der Waals surface area (Å²) in [5, 5.41) is 15.2. The highest BCUT2D eigenvalue weighted by atomic mass is 19.1. The van der Waals surface area contributed by atoms with Gasteiger partial charge in [-0.25, -0.2) is 4.39 Å². The van der Waals surface area contributed by atoms with E-state index in [2.05, 4.69) is 50.8 Å². The number of rotatable bonds is 16. The van der Waals surface area contributed by atoms with Crippen molar-refractivity contribution >= 4 is 18.2 Å². The Bertz CT molecular complexity index is 1330. The van der Waals surface area contributed by atoms with Crippen LogP contribution in [0.3, 0.4) is 0 Å². The largest absolute Gasteiger partial charge is 0.483 e. The van der Waals surface area contributed by atoms with E-state index in [4.69, 9.17) is 24.1 Å². The van der Waals surface area contributed by atoms with Crippen LogP contribution in [0, 0.1) is 17.2 Å². The van der Waals surface area contributed by atoms with Crippen molar-refractivity contribution in [2.24, 2.45) is 11.3 Å². The number of nitrogens with zero attached hydrogens (tertiary/aromatic N) is 7. The number of anilines is 1. The SMILES string of the molecule is CCN(C(=O)c1cc(F)ccc1Oc1nnc(OC)nc1N1CCC2(C1)CN([C@H](CCCN(C)CCOC)C(C)C)C2)C(C)C.O=CO. The number of methoxy groups -OCH3 is 2. The third-order valence-corrected chi connectivity index (χ3v) is 9.18. The molecule has 0 aliphatic carbocycles. The van der Waals surface area contributed by atoms with Crippen LogP contribution in [-0.2, 0) is 9.53 Å². The van der Waals surface area contributed by atoms with E-state index in [0.717, 1.165) is 58.7 Å². The maximum absolute atomic E-state index is 14.4. The van der Waals surface area contributed by atoms with E-state index in [1.165, 1.54) is 31.7 Å². The summed E-state index contributed by atoms with van der Waals surface area (Å²) in [4.78, 5) is 35.2. The molecule has 3 heterocycles. The number of carbonyl (C=O) groups is 2. The Morgan fingerprint density at radius 1 is 1.15 bits per heavy atom. The normalized spacial score (nSPS) is 16.1. The molecule has 1 spiro atoms. The average molecular weight is 676 g/mol. The molecule has 0 unspecified atom stereocenters. The maximum atomic E-state index is 14.4. The van der Waals surface area contributed by atoms with E-state index in [-0.39, 0.29) is 47.0 Å². The van der Waals surface area contributed by atoms with E-state index >= 15 is 0 Å². The molecule has 268 valence electrons. The van der Waals surface area contributed by atoms with Gasteiger partial charge in [0.15, 0.2) is 5.82 Å². The number of likely N-dealkylation sites (tertiary alicyclic amines) is 1. The number of carbonyl (C=O) groups excluding carboxylic acids is 1. The second kappa shape index (κ2) is 18.2. The van der Waals surface area contributed by atoms with Gasteiger partial charge in [0.25, 0.3) is 18.3 Å². The molecule has 2 fully saturated rings. The van der Waals surface area contributed by atoms with Gasteiger partial charge in [-0.15, -0.1) is 5.10 Å². The third-order valence-electron chi connectivity index (χ3n) is 9.18. The zero-order valence-electron chi connectivity index (χ0n) is 29.8.